The zero-order chi connectivity index (χ0) is 14.7. The van der Waals surface area contributed by atoms with Gasteiger partial charge in [-0.15, -0.1) is 0 Å². The first-order valence-electron chi connectivity index (χ1n) is 6.92. The van der Waals surface area contributed by atoms with E-state index in [2.05, 4.69) is 0 Å². The Morgan fingerprint density at radius 2 is 1.81 bits per heavy atom. The van der Waals surface area contributed by atoms with Crippen LogP contribution in [0.15, 0.2) is 39.5 Å². The molecule has 2 heterocycles. The largest absolute Gasteiger partial charge is 0.489 e. The van der Waals surface area contributed by atoms with Gasteiger partial charge in [0.2, 0.25) is 0 Å². The van der Waals surface area contributed by atoms with Crippen LogP contribution in [0.2, 0.25) is 5.02 Å². The maximum Gasteiger partial charge on any atom is 0.343 e. The number of fused-ring (bicyclic) bond motifs is 5. The summed E-state index contributed by atoms with van der Waals surface area (Å²) in [5.74, 6) is 0.639. The Morgan fingerprint density at radius 1 is 1.10 bits per heavy atom. The number of halogens is 1. The van der Waals surface area contributed by atoms with Crippen LogP contribution in [-0.4, -0.2) is 6.10 Å². The first kappa shape index (κ1) is 12.7. The van der Waals surface area contributed by atoms with Crippen LogP contribution in [0.1, 0.15) is 25.3 Å². The molecule has 4 rings (SSSR count). The molecule has 3 nitrogen and oxygen atoms in total. The first-order chi connectivity index (χ1) is 10.1. The molecule has 0 N–H and O–H groups in total. The van der Waals surface area contributed by atoms with Crippen molar-refractivity contribution in [1.29, 1.82) is 0 Å². The second-order valence-electron chi connectivity index (χ2n) is 5.52. The van der Waals surface area contributed by atoms with E-state index in [0.717, 1.165) is 16.2 Å². The standard InChI is InChI=1S/C17H13ClO3/c1-8-9(2)20-16-12-7-13(18)10-5-3-4-6-11(10)15(12)21-17(19)14(8)16/h3-9H,1-2H3/t8-,9+/m0/s1. The number of benzene rings is 2. The zero-order valence-corrected chi connectivity index (χ0v) is 12.4. The van der Waals surface area contributed by atoms with Crippen molar-refractivity contribution in [3.8, 4) is 5.75 Å². The summed E-state index contributed by atoms with van der Waals surface area (Å²) in [4.78, 5) is 12.3. The molecule has 21 heavy (non-hydrogen) atoms. The lowest BCUT2D eigenvalue weighted by molar-refractivity contribution is 0.234. The minimum absolute atomic E-state index is 0.0193. The highest BCUT2D eigenvalue weighted by atomic mass is 35.5. The molecule has 0 radical (unpaired) electrons. The molecule has 0 fully saturated rings. The van der Waals surface area contributed by atoms with Gasteiger partial charge in [0, 0.05) is 21.7 Å². The van der Waals surface area contributed by atoms with Gasteiger partial charge in [0.25, 0.3) is 0 Å². The number of ether oxygens (including phenoxy) is 1. The van der Waals surface area contributed by atoms with E-state index in [1.165, 1.54) is 0 Å². The van der Waals surface area contributed by atoms with Crippen molar-refractivity contribution in [3.63, 3.8) is 0 Å². The Balaban J connectivity index is 2.24. The molecule has 0 amide bonds. The van der Waals surface area contributed by atoms with Gasteiger partial charge in [-0.3, -0.25) is 0 Å². The molecule has 0 spiro atoms. The highest BCUT2D eigenvalue weighted by molar-refractivity contribution is 6.37. The molecule has 0 aliphatic carbocycles. The van der Waals surface area contributed by atoms with Gasteiger partial charge in [0.05, 0.1) is 10.9 Å². The SMILES string of the molecule is C[C@@H]1c2c(c3cc(Cl)c4ccccc4c3oc2=O)O[C@@H]1C. The molecule has 0 saturated carbocycles. The fraction of sp³-hybridized carbons (Fsp3) is 0.235. The van der Waals surface area contributed by atoms with E-state index in [4.69, 9.17) is 20.8 Å². The molecular weight excluding hydrogens is 288 g/mol. The van der Waals surface area contributed by atoms with E-state index in [9.17, 15) is 4.79 Å². The minimum atomic E-state index is -0.318. The lowest BCUT2D eigenvalue weighted by Gasteiger charge is -2.09. The van der Waals surface area contributed by atoms with Gasteiger partial charge in [-0.25, -0.2) is 4.79 Å². The zero-order valence-electron chi connectivity index (χ0n) is 11.6. The van der Waals surface area contributed by atoms with Crippen molar-refractivity contribution in [2.75, 3.05) is 0 Å². The first-order valence-corrected chi connectivity index (χ1v) is 7.30. The van der Waals surface area contributed by atoms with Gasteiger partial charge >= 0.3 is 5.63 Å². The summed E-state index contributed by atoms with van der Waals surface area (Å²) in [6, 6.07) is 9.45. The average Bonchev–Trinajstić information content (AvgIpc) is 2.78. The van der Waals surface area contributed by atoms with Gasteiger partial charge in [-0.2, -0.15) is 0 Å². The molecule has 2 atom stereocenters. The normalized spacial score (nSPS) is 20.7. The summed E-state index contributed by atoms with van der Waals surface area (Å²) in [7, 11) is 0. The third kappa shape index (κ3) is 1.64. The molecule has 0 unspecified atom stereocenters. The fourth-order valence-electron chi connectivity index (χ4n) is 3.01. The van der Waals surface area contributed by atoms with Gasteiger partial charge < -0.3 is 9.15 Å². The summed E-state index contributed by atoms with van der Waals surface area (Å²) in [5, 5.41) is 3.10. The van der Waals surface area contributed by atoms with Crippen LogP contribution in [0.5, 0.6) is 5.75 Å². The topological polar surface area (TPSA) is 39.4 Å². The van der Waals surface area contributed by atoms with E-state index in [1.54, 1.807) is 0 Å². The maximum atomic E-state index is 12.3. The maximum absolute atomic E-state index is 12.3. The Bertz CT molecular complexity index is 942. The van der Waals surface area contributed by atoms with Gasteiger partial charge in [-0.1, -0.05) is 42.8 Å². The minimum Gasteiger partial charge on any atom is -0.489 e. The van der Waals surface area contributed by atoms with Crippen molar-refractivity contribution in [1.82, 2.24) is 0 Å². The predicted molar refractivity (Wildman–Crippen MR) is 83.5 cm³/mol. The highest BCUT2D eigenvalue weighted by Gasteiger charge is 2.33. The van der Waals surface area contributed by atoms with Gasteiger partial charge in [0.1, 0.15) is 17.4 Å². The van der Waals surface area contributed by atoms with Crippen LogP contribution in [0.4, 0.5) is 0 Å². The molecule has 2 aromatic carbocycles. The number of rotatable bonds is 0. The molecule has 3 aromatic rings. The predicted octanol–water partition coefficient (Wildman–Crippen LogP) is 4.48. The monoisotopic (exact) mass is 300 g/mol. The number of hydrogen-bond donors (Lipinski definition) is 0. The summed E-state index contributed by atoms with van der Waals surface area (Å²) >= 11 is 6.37. The van der Waals surface area contributed by atoms with Gasteiger partial charge in [0.15, 0.2) is 0 Å². The molecular formula is C17H13ClO3. The Morgan fingerprint density at radius 3 is 2.57 bits per heavy atom. The van der Waals surface area contributed by atoms with Crippen molar-refractivity contribution in [3.05, 3.63) is 51.3 Å². The highest BCUT2D eigenvalue weighted by Crippen LogP contribution is 2.43. The van der Waals surface area contributed by atoms with Crippen LogP contribution in [0.25, 0.3) is 21.7 Å². The second kappa shape index (κ2) is 4.25. The molecule has 1 aromatic heterocycles. The molecule has 1 aliphatic heterocycles. The molecule has 0 saturated heterocycles. The summed E-state index contributed by atoms with van der Waals surface area (Å²) < 4.78 is 11.5. The second-order valence-corrected chi connectivity index (χ2v) is 5.93. The Labute approximate surface area is 126 Å². The van der Waals surface area contributed by atoms with Crippen molar-refractivity contribution in [2.45, 2.75) is 25.9 Å². The van der Waals surface area contributed by atoms with Crippen molar-refractivity contribution < 1.29 is 9.15 Å². The van der Waals surface area contributed by atoms with Gasteiger partial charge in [-0.05, 0) is 13.0 Å². The molecule has 106 valence electrons. The van der Waals surface area contributed by atoms with E-state index >= 15 is 0 Å². The summed E-state index contributed by atoms with van der Waals surface area (Å²) in [5.41, 5.74) is 0.836. The third-order valence-electron chi connectivity index (χ3n) is 4.31. The smallest absolute Gasteiger partial charge is 0.343 e. The lowest BCUT2D eigenvalue weighted by atomic mass is 9.98. The third-order valence-corrected chi connectivity index (χ3v) is 4.62. The quantitative estimate of drug-likeness (QED) is 0.454. The molecule has 0 bridgehead atoms. The van der Waals surface area contributed by atoms with E-state index in [1.807, 2.05) is 44.2 Å². The fourth-order valence-corrected chi connectivity index (χ4v) is 3.28. The van der Waals surface area contributed by atoms with Crippen LogP contribution in [-0.2, 0) is 0 Å². The lowest BCUT2D eigenvalue weighted by Crippen LogP contribution is -2.14. The summed E-state index contributed by atoms with van der Waals surface area (Å²) in [6.45, 7) is 3.93. The van der Waals surface area contributed by atoms with E-state index < -0.39 is 0 Å². The van der Waals surface area contributed by atoms with Crippen LogP contribution >= 0.6 is 11.6 Å². The molecule has 1 aliphatic rings. The Hall–Kier alpha value is -2.00. The molecule has 4 heteroatoms. The van der Waals surface area contributed by atoms with Crippen molar-refractivity contribution >= 4 is 33.3 Å². The van der Waals surface area contributed by atoms with Crippen LogP contribution in [0.3, 0.4) is 0 Å². The van der Waals surface area contributed by atoms with E-state index in [-0.39, 0.29) is 17.6 Å². The average molecular weight is 301 g/mol. The van der Waals surface area contributed by atoms with Crippen LogP contribution in [0, 0.1) is 0 Å². The van der Waals surface area contributed by atoms with E-state index in [0.29, 0.717) is 21.9 Å². The number of hydrogen-bond acceptors (Lipinski definition) is 3. The van der Waals surface area contributed by atoms with Crippen molar-refractivity contribution in [2.24, 2.45) is 0 Å². The Kier molecular flexibility index (Phi) is 2.57. The summed E-state index contributed by atoms with van der Waals surface area (Å²) in [6.07, 6.45) is -0.0428. The van der Waals surface area contributed by atoms with Crippen LogP contribution < -0.4 is 10.4 Å².